The lowest BCUT2D eigenvalue weighted by Crippen LogP contribution is -2.61. The maximum atomic E-state index is 13.2. The Hall–Kier alpha value is -2.15. The number of piperidine rings is 2. The molecule has 4 aliphatic rings. The SMILES string of the molecule is FC(F)(F)c1ccccc1Oc1ccc(C23CCC(CC2)N2CCSN=C23)cc1. The van der Waals surface area contributed by atoms with Gasteiger partial charge in [-0.25, -0.2) is 4.40 Å². The molecule has 152 valence electrons. The molecule has 1 saturated carbocycles. The van der Waals surface area contributed by atoms with Gasteiger partial charge in [0.15, 0.2) is 0 Å². The summed E-state index contributed by atoms with van der Waals surface area (Å²) in [4.78, 5) is 2.48. The van der Waals surface area contributed by atoms with Crippen molar-refractivity contribution in [3.05, 3.63) is 59.7 Å². The minimum atomic E-state index is -4.45. The molecule has 0 atom stereocenters. The maximum absolute atomic E-state index is 13.2. The number of halogens is 3. The monoisotopic (exact) mass is 418 g/mol. The second-order valence-electron chi connectivity index (χ2n) is 7.88. The van der Waals surface area contributed by atoms with Crippen molar-refractivity contribution in [2.75, 3.05) is 12.3 Å². The van der Waals surface area contributed by atoms with Crippen molar-refractivity contribution in [1.29, 1.82) is 0 Å². The fraction of sp³-hybridized carbons (Fsp3) is 0.409. The van der Waals surface area contributed by atoms with Gasteiger partial charge < -0.3 is 9.64 Å². The van der Waals surface area contributed by atoms with E-state index in [9.17, 15) is 13.2 Å². The molecule has 0 aromatic heterocycles. The molecular weight excluding hydrogens is 397 g/mol. The smallest absolute Gasteiger partial charge is 0.419 e. The van der Waals surface area contributed by atoms with Crippen molar-refractivity contribution in [2.45, 2.75) is 43.3 Å². The van der Waals surface area contributed by atoms with E-state index in [0.717, 1.165) is 31.2 Å². The van der Waals surface area contributed by atoms with Crippen LogP contribution in [0.1, 0.15) is 36.8 Å². The summed E-state index contributed by atoms with van der Waals surface area (Å²) in [5, 5.41) is 0. The molecule has 0 N–H and O–H groups in total. The first kappa shape index (κ1) is 18.9. The topological polar surface area (TPSA) is 24.8 Å². The quantitative estimate of drug-likeness (QED) is 0.567. The molecule has 2 bridgehead atoms. The Kier molecular flexibility index (Phi) is 4.53. The molecule has 0 unspecified atom stereocenters. The third-order valence-corrected chi connectivity index (χ3v) is 7.02. The van der Waals surface area contributed by atoms with Gasteiger partial charge in [-0.05, 0) is 67.5 Å². The number of alkyl halides is 3. The van der Waals surface area contributed by atoms with E-state index in [2.05, 4.69) is 4.90 Å². The number of hydrogen-bond donors (Lipinski definition) is 0. The number of ether oxygens (including phenoxy) is 1. The molecule has 2 aromatic rings. The molecule has 6 rings (SSSR count). The van der Waals surface area contributed by atoms with E-state index in [0.29, 0.717) is 11.8 Å². The summed E-state index contributed by atoms with van der Waals surface area (Å²) in [7, 11) is 0. The molecule has 3 aliphatic heterocycles. The van der Waals surface area contributed by atoms with Gasteiger partial charge in [0.25, 0.3) is 0 Å². The summed E-state index contributed by atoms with van der Waals surface area (Å²) >= 11 is 1.64. The third-order valence-electron chi connectivity index (χ3n) is 6.35. The molecule has 7 heteroatoms. The molecule has 3 nitrogen and oxygen atoms in total. The number of rotatable bonds is 3. The second-order valence-corrected chi connectivity index (χ2v) is 8.72. The minimum absolute atomic E-state index is 0.0788. The number of amidine groups is 1. The fourth-order valence-electron chi connectivity index (χ4n) is 4.93. The highest BCUT2D eigenvalue weighted by Crippen LogP contribution is 2.50. The highest BCUT2D eigenvalue weighted by molar-refractivity contribution is 7.98. The minimum Gasteiger partial charge on any atom is -0.457 e. The van der Waals surface area contributed by atoms with Crippen LogP contribution in [-0.2, 0) is 11.6 Å². The Bertz CT molecular complexity index is 934. The highest BCUT2D eigenvalue weighted by Gasteiger charge is 2.51. The van der Waals surface area contributed by atoms with E-state index in [-0.39, 0.29) is 11.2 Å². The van der Waals surface area contributed by atoms with Gasteiger partial charge >= 0.3 is 6.18 Å². The number of benzene rings is 2. The molecule has 3 heterocycles. The highest BCUT2D eigenvalue weighted by atomic mass is 32.2. The van der Waals surface area contributed by atoms with Crippen LogP contribution in [0.25, 0.3) is 0 Å². The summed E-state index contributed by atoms with van der Waals surface area (Å²) in [5.41, 5.74) is 0.334. The van der Waals surface area contributed by atoms with Crippen LogP contribution in [-0.4, -0.2) is 29.1 Å². The first-order valence-corrected chi connectivity index (χ1v) is 10.8. The van der Waals surface area contributed by atoms with Crippen LogP contribution in [0, 0.1) is 0 Å². The normalized spacial score (nSPS) is 26.1. The van der Waals surface area contributed by atoms with Crippen molar-refractivity contribution in [1.82, 2.24) is 4.90 Å². The van der Waals surface area contributed by atoms with E-state index in [4.69, 9.17) is 9.13 Å². The van der Waals surface area contributed by atoms with Gasteiger partial charge in [-0.15, -0.1) is 0 Å². The van der Waals surface area contributed by atoms with Gasteiger partial charge in [0.2, 0.25) is 0 Å². The summed E-state index contributed by atoms with van der Waals surface area (Å²) in [6, 6.07) is 13.5. The Balaban J connectivity index is 1.44. The average molecular weight is 418 g/mol. The summed E-state index contributed by atoms with van der Waals surface area (Å²) in [5.74, 6) is 2.44. The van der Waals surface area contributed by atoms with Crippen molar-refractivity contribution < 1.29 is 17.9 Å². The number of hydrogen-bond acceptors (Lipinski definition) is 4. The largest absolute Gasteiger partial charge is 0.457 e. The van der Waals surface area contributed by atoms with E-state index < -0.39 is 11.7 Å². The Labute approximate surface area is 172 Å². The lowest BCUT2D eigenvalue weighted by Gasteiger charge is -2.55. The Morgan fingerprint density at radius 2 is 1.76 bits per heavy atom. The summed E-state index contributed by atoms with van der Waals surface area (Å²) in [6.45, 7) is 1.05. The van der Waals surface area contributed by atoms with Gasteiger partial charge in [0.05, 0.1) is 11.0 Å². The average Bonchev–Trinajstić information content (AvgIpc) is 2.75. The predicted molar refractivity (Wildman–Crippen MR) is 108 cm³/mol. The lowest BCUT2D eigenvalue weighted by molar-refractivity contribution is -0.138. The van der Waals surface area contributed by atoms with Gasteiger partial charge in [-0.2, -0.15) is 13.2 Å². The molecule has 29 heavy (non-hydrogen) atoms. The fourth-order valence-corrected chi connectivity index (χ4v) is 5.70. The molecule has 3 fully saturated rings. The molecule has 2 aromatic carbocycles. The number of nitrogens with zero attached hydrogens (tertiary/aromatic N) is 2. The second kappa shape index (κ2) is 6.97. The van der Waals surface area contributed by atoms with Crippen LogP contribution in [0.3, 0.4) is 0 Å². The number of para-hydroxylation sites is 1. The van der Waals surface area contributed by atoms with E-state index in [1.165, 1.54) is 36.4 Å². The molecule has 0 spiro atoms. The van der Waals surface area contributed by atoms with Gasteiger partial charge in [-0.1, -0.05) is 24.3 Å². The van der Waals surface area contributed by atoms with Crippen molar-refractivity contribution in [3.63, 3.8) is 0 Å². The molecule has 0 radical (unpaired) electrons. The Morgan fingerprint density at radius 3 is 2.48 bits per heavy atom. The van der Waals surface area contributed by atoms with Crippen LogP contribution >= 0.6 is 11.9 Å². The molecule has 2 saturated heterocycles. The van der Waals surface area contributed by atoms with Crippen LogP contribution < -0.4 is 4.74 Å². The van der Waals surface area contributed by atoms with Crippen molar-refractivity contribution in [2.24, 2.45) is 4.40 Å². The van der Waals surface area contributed by atoms with Gasteiger partial charge in [-0.3, -0.25) is 0 Å². The van der Waals surface area contributed by atoms with Crippen LogP contribution in [0.4, 0.5) is 13.2 Å². The Morgan fingerprint density at radius 1 is 1.03 bits per heavy atom. The zero-order valence-electron chi connectivity index (χ0n) is 15.8. The number of fused-ring (bicyclic) bond motifs is 2. The van der Waals surface area contributed by atoms with Crippen LogP contribution in [0.2, 0.25) is 0 Å². The lowest BCUT2D eigenvalue weighted by atomic mass is 9.63. The standard InChI is InChI=1S/C22H21F3N2OS/c23-22(24,25)18-3-1-2-4-19(18)28-17-7-5-15(6-8-17)21-11-9-16(10-12-21)27-13-14-29-26-20(21)27/h1-8,16H,9-14H2. The maximum Gasteiger partial charge on any atom is 0.419 e. The molecule has 1 aliphatic carbocycles. The first-order chi connectivity index (χ1) is 14.0. The third kappa shape index (κ3) is 3.19. The zero-order valence-corrected chi connectivity index (χ0v) is 16.6. The van der Waals surface area contributed by atoms with Gasteiger partial charge in [0.1, 0.15) is 17.3 Å². The van der Waals surface area contributed by atoms with Gasteiger partial charge in [0, 0.05) is 18.3 Å². The van der Waals surface area contributed by atoms with Crippen LogP contribution in [0.15, 0.2) is 52.9 Å². The summed E-state index contributed by atoms with van der Waals surface area (Å²) in [6.07, 6.45) is 0.0353. The summed E-state index contributed by atoms with van der Waals surface area (Å²) < 4.78 is 50.1. The zero-order chi connectivity index (χ0) is 20.1. The first-order valence-electron chi connectivity index (χ1n) is 9.89. The van der Waals surface area contributed by atoms with Crippen molar-refractivity contribution >= 4 is 17.8 Å². The van der Waals surface area contributed by atoms with Crippen molar-refractivity contribution in [3.8, 4) is 11.5 Å². The van der Waals surface area contributed by atoms with Crippen LogP contribution in [0.5, 0.6) is 11.5 Å². The predicted octanol–water partition coefficient (Wildman–Crippen LogP) is 6.05. The molecular formula is C22H21F3N2OS. The van der Waals surface area contributed by atoms with E-state index >= 15 is 0 Å². The molecule has 0 amide bonds. The van der Waals surface area contributed by atoms with E-state index in [1.54, 1.807) is 30.1 Å². The van der Waals surface area contributed by atoms with E-state index in [1.807, 2.05) is 12.1 Å².